The fraction of sp³-hybridized carbons (Fsp3) is 0. The zero-order chi connectivity index (χ0) is 9.42. The lowest BCUT2D eigenvalue weighted by Crippen LogP contribution is -1.65. The van der Waals surface area contributed by atoms with Crippen LogP contribution in [0.1, 0.15) is 5.76 Å². The first-order valence-electron chi connectivity index (χ1n) is 3.76. The van der Waals surface area contributed by atoms with E-state index in [0.29, 0.717) is 16.7 Å². The van der Waals surface area contributed by atoms with E-state index in [1.54, 1.807) is 6.07 Å². The van der Waals surface area contributed by atoms with Crippen molar-refractivity contribution < 1.29 is 9.52 Å². The van der Waals surface area contributed by atoms with Crippen LogP contribution in [0.15, 0.2) is 33.7 Å². The van der Waals surface area contributed by atoms with Gasteiger partial charge in [-0.3, -0.25) is 0 Å². The molecular weight excluding hydrogens is 232 g/mol. The van der Waals surface area contributed by atoms with E-state index in [1.165, 1.54) is 6.08 Å². The van der Waals surface area contributed by atoms with Crippen molar-refractivity contribution in [1.29, 1.82) is 0 Å². The van der Waals surface area contributed by atoms with Crippen LogP contribution in [0.2, 0.25) is 0 Å². The van der Waals surface area contributed by atoms with Crippen LogP contribution in [0.5, 0.6) is 5.75 Å². The van der Waals surface area contributed by atoms with Gasteiger partial charge in [-0.1, -0.05) is 22.5 Å². The second kappa shape index (κ2) is 2.92. The van der Waals surface area contributed by atoms with Crippen molar-refractivity contribution in [2.24, 2.45) is 0 Å². The molecule has 1 N–H and O–H groups in total. The Morgan fingerprint density at radius 2 is 2.23 bits per heavy atom. The van der Waals surface area contributed by atoms with Crippen LogP contribution in [-0.4, -0.2) is 5.11 Å². The smallest absolute Gasteiger partial charge is 0.169 e. The van der Waals surface area contributed by atoms with Crippen LogP contribution in [-0.2, 0) is 0 Å². The summed E-state index contributed by atoms with van der Waals surface area (Å²) in [6.07, 6.45) is 1.49. The minimum absolute atomic E-state index is 0.150. The topological polar surface area (TPSA) is 33.4 Å². The Hall–Kier alpha value is -1.22. The number of hydrogen-bond acceptors (Lipinski definition) is 2. The maximum absolute atomic E-state index is 9.60. The molecule has 0 bridgehead atoms. The third-order valence-electron chi connectivity index (χ3n) is 1.84. The largest absolute Gasteiger partial charge is 0.504 e. The van der Waals surface area contributed by atoms with Crippen molar-refractivity contribution in [2.45, 2.75) is 0 Å². The molecule has 2 aromatic rings. The molecule has 0 fully saturated rings. The maximum Gasteiger partial charge on any atom is 0.169 e. The summed E-state index contributed by atoms with van der Waals surface area (Å²) in [5.74, 6) is 0.561. The van der Waals surface area contributed by atoms with E-state index in [1.807, 2.05) is 12.1 Å². The summed E-state index contributed by atoms with van der Waals surface area (Å²) < 4.78 is 6.25. The summed E-state index contributed by atoms with van der Waals surface area (Å²) in [5, 5.41) is 10.3. The minimum Gasteiger partial charge on any atom is -0.504 e. The Morgan fingerprint density at radius 3 is 2.92 bits per heavy atom. The molecular formula is C10H7BrO2. The molecule has 1 heterocycles. The van der Waals surface area contributed by atoms with Crippen LogP contribution in [0, 0.1) is 0 Å². The predicted molar refractivity (Wildman–Crippen MR) is 55.7 cm³/mol. The van der Waals surface area contributed by atoms with Crippen molar-refractivity contribution in [1.82, 2.24) is 0 Å². The average molecular weight is 239 g/mol. The number of fused-ring (bicyclic) bond motifs is 1. The minimum atomic E-state index is 0.150. The van der Waals surface area contributed by atoms with Crippen LogP contribution >= 0.6 is 15.9 Å². The van der Waals surface area contributed by atoms with Crippen molar-refractivity contribution in [3.05, 3.63) is 35.0 Å². The Balaban J connectivity index is 2.83. The lowest BCUT2D eigenvalue weighted by atomic mass is 10.2. The van der Waals surface area contributed by atoms with Gasteiger partial charge in [0.05, 0.1) is 5.39 Å². The average Bonchev–Trinajstić information content (AvgIpc) is 2.42. The van der Waals surface area contributed by atoms with Crippen LogP contribution in [0.25, 0.3) is 17.0 Å². The second-order valence-electron chi connectivity index (χ2n) is 2.66. The van der Waals surface area contributed by atoms with E-state index < -0.39 is 0 Å². The Bertz CT molecular complexity index is 471. The molecule has 0 aliphatic rings. The predicted octanol–water partition coefficient (Wildman–Crippen LogP) is 3.54. The quantitative estimate of drug-likeness (QED) is 0.825. The molecule has 0 saturated carbocycles. The Kier molecular flexibility index (Phi) is 1.88. The van der Waals surface area contributed by atoms with Crippen LogP contribution < -0.4 is 0 Å². The van der Waals surface area contributed by atoms with Gasteiger partial charge in [0.25, 0.3) is 0 Å². The van der Waals surface area contributed by atoms with Crippen molar-refractivity contribution in [3.8, 4) is 5.75 Å². The molecule has 0 amide bonds. The first kappa shape index (κ1) is 8.38. The highest BCUT2D eigenvalue weighted by atomic mass is 79.9. The van der Waals surface area contributed by atoms with Gasteiger partial charge in [-0.25, -0.2) is 0 Å². The fourth-order valence-electron chi connectivity index (χ4n) is 1.21. The van der Waals surface area contributed by atoms with Crippen LogP contribution in [0.4, 0.5) is 0 Å². The molecule has 0 atom stereocenters. The number of halogens is 1. The van der Waals surface area contributed by atoms with Crippen molar-refractivity contribution in [3.63, 3.8) is 0 Å². The molecule has 0 spiro atoms. The monoisotopic (exact) mass is 238 g/mol. The molecule has 1 aromatic carbocycles. The standard InChI is InChI=1S/C10H7BrO2/c1-2-8-10(12)7-4-3-6(11)5-9(7)13-8/h2-5,12H,1H2. The molecule has 0 aliphatic carbocycles. The summed E-state index contributed by atoms with van der Waals surface area (Å²) in [4.78, 5) is 0. The van der Waals surface area contributed by atoms with E-state index in [9.17, 15) is 5.11 Å². The number of furan rings is 1. The van der Waals surface area contributed by atoms with Gasteiger partial charge in [-0.15, -0.1) is 0 Å². The first-order valence-corrected chi connectivity index (χ1v) is 4.55. The summed E-state index contributed by atoms with van der Waals surface area (Å²) in [6.45, 7) is 3.54. The van der Waals surface area contributed by atoms with Gasteiger partial charge in [-0.2, -0.15) is 0 Å². The highest BCUT2D eigenvalue weighted by Crippen LogP contribution is 2.33. The third-order valence-corrected chi connectivity index (χ3v) is 2.33. The van der Waals surface area contributed by atoms with Crippen molar-refractivity contribution >= 4 is 33.0 Å². The number of aromatic hydroxyl groups is 1. The zero-order valence-corrected chi connectivity index (χ0v) is 8.34. The summed E-state index contributed by atoms with van der Waals surface area (Å²) >= 11 is 3.32. The number of benzene rings is 1. The molecule has 0 aliphatic heterocycles. The molecule has 0 saturated heterocycles. The van der Waals surface area contributed by atoms with Gasteiger partial charge >= 0.3 is 0 Å². The van der Waals surface area contributed by atoms with Gasteiger partial charge in [0, 0.05) is 4.47 Å². The molecule has 66 valence electrons. The Labute approximate surface area is 83.6 Å². The van der Waals surface area contributed by atoms with E-state index >= 15 is 0 Å². The molecule has 2 nitrogen and oxygen atoms in total. The third kappa shape index (κ3) is 1.25. The highest BCUT2D eigenvalue weighted by molar-refractivity contribution is 9.10. The molecule has 0 radical (unpaired) electrons. The highest BCUT2D eigenvalue weighted by Gasteiger charge is 2.09. The summed E-state index contributed by atoms with van der Waals surface area (Å²) in [5.41, 5.74) is 0.654. The fourth-order valence-corrected chi connectivity index (χ4v) is 1.55. The summed E-state index contributed by atoms with van der Waals surface area (Å²) in [7, 11) is 0. The normalized spacial score (nSPS) is 10.5. The van der Waals surface area contributed by atoms with Gasteiger partial charge in [0.15, 0.2) is 11.5 Å². The van der Waals surface area contributed by atoms with Gasteiger partial charge in [-0.05, 0) is 24.3 Å². The van der Waals surface area contributed by atoms with Crippen LogP contribution in [0.3, 0.4) is 0 Å². The first-order chi connectivity index (χ1) is 6.22. The molecule has 0 unspecified atom stereocenters. The van der Waals surface area contributed by atoms with E-state index in [4.69, 9.17) is 4.42 Å². The number of hydrogen-bond donors (Lipinski definition) is 1. The molecule has 2 rings (SSSR count). The SMILES string of the molecule is C=Cc1oc2cc(Br)ccc2c1O. The number of rotatable bonds is 1. The lowest BCUT2D eigenvalue weighted by molar-refractivity contribution is 0.461. The van der Waals surface area contributed by atoms with Crippen molar-refractivity contribution in [2.75, 3.05) is 0 Å². The van der Waals surface area contributed by atoms with E-state index in [2.05, 4.69) is 22.5 Å². The van der Waals surface area contributed by atoms with Gasteiger partial charge < -0.3 is 9.52 Å². The zero-order valence-electron chi connectivity index (χ0n) is 6.75. The maximum atomic E-state index is 9.60. The van der Waals surface area contributed by atoms with E-state index in [0.717, 1.165) is 4.47 Å². The van der Waals surface area contributed by atoms with Gasteiger partial charge in [0.1, 0.15) is 5.58 Å². The summed E-state index contributed by atoms with van der Waals surface area (Å²) in [6, 6.07) is 5.46. The van der Waals surface area contributed by atoms with E-state index in [-0.39, 0.29) is 5.75 Å². The van der Waals surface area contributed by atoms with Gasteiger partial charge in [0.2, 0.25) is 0 Å². The molecule has 3 heteroatoms. The molecule has 1 aromatic heterocycles. The lowest BCUT2D eigenvalue weighted by Gasteiger charge is -1.88. The second-order valence-corrected chi connectivity index (χ2v) is 3.58. The Morgan fingerprint density at radius 1 is 1.46 bits per heavy atom. The molecule has 13 heavy (non-hydrogen) atoms.